The SMILES string of the molecule is CNCc1c(C)cc(C)nc1N(C)CC(C)(C)C. The van der Waals surface area contributed by atoms with Crippen LogP contribution < -0.4 is 10.2 Å². The van der Waals surface area contributed by atoms with Crippen LogP contribution in [0.25, 0.3) is 0 Å². The molecule has 1 rings (SSSR count). The van der Waals surface area contributed by atoms with Crippen molar-refractivity contribution in [3.63, 3.8) is 0 Å². The lowest BCUT2D eigenvalue weighted by Crippen LogP contribution is -2.31. The summed E-state index contributed by atoms with van der Waals surface area (Å²) in [6, 6.07) is 2.15. The van der Waals surface area contributed by atoms with Gasteiger partial charge in [-0.25, -0.2) is 4.98 Å². The zero-order valence-electron chi connectivity index (χ0n) is 12.9. The second kappa shape index (κ2) is 5.70. The number of nitrogens with zero attached hydrogens (tertiary/aromatic N) is 2. The zero-order chi connectivity index (χ0) is 13.9. The van der Waals surface area contributed by atoms with E-state index in [2.05, 4.69) is 57.9 Å². The fourth-order valence-corrected chi connectivity index (χ4v) is 2.34. The van der Waals surface area contributed by atoms with Crippen molar-refractivity contribution < 1.29 is 0 Å². The third-order valence-electron chi connectivity index (χ3n) is 2.88. The molecule has 0 unspecified atom stereocenters. The summed E-state index contributed by atoms with van der Waals surface area (Å²) < 4.78 is 0. The summed E-state index contributed by atoms with van der Waals surface area (Å²) in [5.41, 5.74) is 3.97. The van der Waals surface area contributed by atoms with Gasteiger partial charge in [0, 0.05) is 31.4 Å². The summed E-state index contributed by atoms with van der Waals surface area (Å²) in [7, 11) is 4.11. The van der Waals surface area contributed by atoms with Crippen molar-refractivity contribution in [1.29, 1.82) is 0 Å². The average Bonchev–Trinajstić information content (AvgIpc) is 2.19. The van der Waals surface area contributed by atoms with Gasteiger partial charge in [0.05, 0.1) is 0 Å². The molecule has 0 aromatic carbocycles. The van der Waals surface area contributed by atoms with Crippen LogP contribution in [-0.4, -0.2) is 25.6 Å². The van der Waals surface area contributed by atoms with E-state index in [0.29, 0.717) is 0 Å². The molecule has 0 saturated heterocycles. The summed E-state index contributed by atoms with van der Waals surface area (Å²) in [5, 5.41) is 3.24. The molecule has 0 aliphatic heterocycles. The van der Waals surface area contributed by atoms with Gasteiger partial charge < -0.3 is 10.2 Å². The third kappa shape index (κ3) is 3.98. The summed E-state index contributed by atoms with van der Waals surface area (Å²) >= 11 is 0. The Bertz CT molecular complexity index is 405. The van der Waals surface area contributed by atoms with Gasteiger partial charge in [-0.15, -0.1) is 0 Å². The molecule has 102 valence electrons. The van der Waals surface area contributed by atoms with Gasteiger partial charge in [0.15, 0.2) is 0 Å². The fraction of sp³-hybridized carbons (Fsp3) is 0.667. The Kier molecular flexibility index (Phi) is 4.74. The lowest BCUT2D eigenvalue weighted by atomic mass is 9.96. The van der Waals surface area contributed by atoms with Crippen molar-refractivity contribution in [3.8, 4) is 0 Å². The second-order valence-corrected chi connectivity index (χ2v) is 6.33. The molecule has 0 spiro atoms. The first-order valence-corrected chi connectivity index (χ1v) is 6.57. The first kappa shape index (κ1) is 15.0. The molecular weight excluding hydrogens is 222 g/mol. The van der Waals surface area contributed by atoms with Crippen molar-refractivity contribution >= 4 is 5.82 Å². The molecule has 0 fully saturated rings. The molecule has 3 nitrogen and oxygen atoms in total. The number of aryl methyl sites for hydroxylation is 2. The Morgan fingerprint density at radius 1 is 1.28 bits per heavy atom. The van der Waals surface area contributed by atoms with Gasteiger partial charge in [-0.05, 0) is 37.9 Å². The highest BCUT2D eigenvalue weighted by atomic mass is 15.2. The van der Waals surface area contributed by atoms with Crippen molar-refractivity contribution in [2.75, 3.05) is 25.5 Å². The van der Waals surface area contributed by atoms with Gasteiger partial charge in [-0.2, -0.15) is 0 Å². The van der Waals surface area contributed by atoms with Gasteiger partial charge in [-0.1, -0.05) is 20.8 Å². The lowest BCUT2D eigenvalue weighted by molar-refractivity contribution is 0.417. The number of nitrogens with one attached hydrogen (secondary N) is 1. The molecule has 1 aromatic heterocycles. The van der Waals surface area contributed by atoms with Crippen LogP contribution in [-0.2, 0) is 6.54 Å². The van der Waals surface area contributed by atoms with Crippen LogP contribution in [0.1, 0.15) is 37.6 Å². The molecule has 0 aliphatic carbocycles. The van der Waals surface area contributed by atoms with E-state index in [1.807, 2.05) is 7.05 Å². The quantitative estimate of drug-likeness (QED) is 0.889. The highest BCUT2D eigenvalue weighted by Crippen LogP contribution is 2.25. The molecule has 3 heteroatoms. The minimum atomic E-state index is 0.269. The van der Waals surface area contributed by atoms with Crippen molar-refractivity contribution in [2.45, 2.75) is 41.2 Å². The summed E-state index contributed by atoms with van der Waals surface area (Å²) in [5.74, 6) is 1.11. The molecule has 0 saturated carbocycles. The molecule has 0 atom stereocenters. The molecule has 1 N–H and O–H groups in total. The second-order valence-electron chi connectivity index (χ2n) is 6.33. The highest BCUT2D eigenvalue weighted by Gasteiger charge is 2.18. The summed E-state index contributed by atoms with van der Waals surface area (Å²) in [4.78, 5) is 6.99. The average molecular weight is 249 g/mol. The Morgan fingerprint density at radius 2 is 1.89 bits per heavy atom. The predicted molar refractivity (Wildman–Crippen MR) is 79.2 cm³/mol. The zero-order valence-corrected chi connectivity index (χ0v) is 12.9. The van der Waals surface area contributed by atoms with E-state index in [1.165, 1.54) is 11.1 Å². The van der Waals surface area contributed by atoms with E-state index in [9.17, 15) is 0 Å². The third-order valence-corrected chi connectivity index (χ3v) is 2.88. The maximum absolute atomic E-state index is 4.72. The molecule has 0 amide bonds. The van der Waals surface area contributed by atoms with E-state index in [0.717, 1.165) is 24.6 Å². The van der Waals surface area contributed by atoms with E-state index in [4.69, 9.17) is 4.98 Å². The van der Waals surface area contributed by atoms with E-state index in [1.54, 1.807) is 0 Å². The lowest BCUT2D eigenvalue weighted by Gasteiger charge is -2.29. The Balaban J connectivity index is 3.12. The first-order valence-electron chi connectivity index (χ1n) is 6.57. The molecular formula is C15H27N3. The van der Waals surface area contributed by atoms with Crippen molar-refractivity contribution in [3.05, 3.63) is 22.9 Å². The van der Waals surface area contributed by atoms with Gasteiger partial charge in [0.2, 0.25) is 0 Å². The molecule has 1 heterocycles. The van der Waals surface area contributed by atoms with Crippen LogP contribution in [0.4, 0.5) is 5.82 Å². The van der Waals surface area contributed by atoms with Crippen LogP contribution in [0.5, 0.6) is 0 Å². The Hall–Kier alpha value is -1.09. The number of anilines is 1. The standard InChI is InChI=1S/C15H27N3/c1-11-8-12(2)17-14(13(11)9-16-6)18(7)10-15(3,4)5/h8,16H,9-10H2,1-7H3. The molecule has 1 aromatic rings. The summed E-state index contributed by atoms with van der Waals surface area (Å²) in [6.45, 7) is 12.8. The number of pyridine rings is 1. The van der Waals surface area contributed by atoms with Gasteiger partial charge in [0.25, 0.3) is 0 Å². The van der Waals surface area contributed by atoms with Gasteiger partial charge in [0.1, 0.15) is 5.82 Å². The summed E-state index contributed by atoms with van der Waals surface area (Å²) in [6.07, 6.45) is 0. The molecule has 0 aliphatic rings. The molecule has 0 radical (unpaired) electrons. The van der Waals surface area contributed by atoms with E-state index in [-0.39, 0.29) is 5.41 Å². The largest absolute Gasteiger partial charge is 0.359 e. The minimum absolute atomic E-state index is 0.269. The van der Waals surface area contributed by atoms with Crippen molar-refractivity contribution in [2.24, 2.45) is 5.41 Å². The number of rotatable bonds is 4. The Labute approximate surface area is 112 Å². The molecule has 18 heavy (non-hydrogen) atoms. The fourth-order valence-electron chi connectivity index (χ4n) is 2.34. The van der Waals surface area contributed by atoms with E-state index < -0.39 is 0 Å². The normalized spacial score (nSPS) is 11.7. The number of aromatic nitrogens is 1. The minimum Gasteiger partial charge on any atom is -0.359 e. The molecule has 0 bridgehead atoms. The monoisotopic (exact) mass is 249 g/mol. The van der Waals surface area contributed by atoms with Crippen molar-refractivity contribution in [1.82, 2.24) is 10.3 Å². The van der Waals surface area contributed by atoms with Crippen LogP contribution in [0.2, 0.25) is 0 Å². The van der Waals surface area contributed by atoms with Crippen LogP contribution in [0.3, 0.4) is 0 Å². The Morgan fingerprint density at radius 3 is 2.39 bits per heavy atom. The number of hydrogen-bond donors (Lipinski definition) is 1. The number of hydrogen-bond acceptors (Lipinski definition) is 3. The smallest absolute Gasteiger partial charge is 0.133 e. The topological polar surface area (TPSA) is 28.2 Å². The van der Waals surface area contributed by atoms with Gasteiger partial charge >= 0.3 is 0 Å². The highest BCUT2D eigenvalue weighted by molar-refractivity contribution is 5.51. The predicted octanol–water partition coefficient (Wildman–Crippen LogP) is 2.90. The van der Waals surface area contributed by atoms with Crippen LogP contribution in [0.15, 0.2) is 6.07 Å². The van der Waals surface area contributed by atoms with Crippen LogP contribution in [0, 0.1) is 19.3 Å². The van der Waals surface area contributed by atoms with Gasteiger partial charge in [-0.3, -0.25) is 0 Å². The maximum atomic E-state index is 4.72. The van der Waals surface area contributed by atoms with E-state index >= 15 is 0 Å². The maximum Gasteiger partial charge on any atom is 0.133 e. The first-order chi connectivity index (χ1) is 8.24. The van der Waals surface area contributed by atoms with Crippen LogP contribution >= 0.6 is 0 Å².